The van der Waals surface area contributed by atoms with E-state index in [1.807, 2.05) is 0 Å². The molecule has 21 heavy (non-hydrogen) atoms. The molecule has 0 fully saturated rings. The van der Waals surface area contributed by atoms with Gasteiger partial charge in [-0.1, -0.05) is 6.07 Å². The maximum absolute atomic E-state index is 13.5. The Kier molecular flexibility index (Phi) is 4.72. The Balaban J connectivity index is 2.24. The van der Waals surface area contributed by atoms with Gasteiger partial charge in [-0.2, -0.15) is 0 Å². The first-order valence-corrected chi connectivity index (χ1v) is 8.33. The van der Waals surface area contributed by atoms with Gasteiger partial charge >= 0.3 is 0 Å². The van der Waals surface area contributed by atoms with E-state index in [1.54, 1.807) is 12.3 Å². The quantitative estimate of drug-likeness (QED) is 0.882. The average molecular weight is 333 g/mol. The van der Waals surface area contributed by atoms with E-state index >= 15 is 0 Å². The molecular formula is C13H13F2NO3S2. The molecule has 1 heterocycles. The van der Waals surface area contributed by atoms with Crippen LogP contribution in [0.25, 0.3) is 0 Å². The van der Waals surface area contributed by atoms with Crippen molar-refractivity contribution in [1.82, 2.24) is 4.72 Å². The number of thiophene rings is 1. The summed E-state index contributed by atoms with van der Waals surface area (Å²) in [7, 11) is -3.88. The van der Waals surface area contributed by atoms with Crippen LogP contribution in [0.15, 0.2) is 28.5 Å². The van der Waals surface area contributed by atoms with Gasteiger partial charge < -0.3 is 5.11 Å². The summed E-state index contributed by atoms with van der Waals surface area (Å²) in [6, 6.07) is 2.93. The van der Waals surface area contributed by atoms with Gasteiger partial charge in [0.25, 0.3) is 0 Å². The molecule has 0 radical (unpaired) electrons. The summed E-state index contributed by atoms with van der Waals surface area (Å²) in [5.41, 5.74) is 0.550. The second kappa shape index (κ2) is 6.18. The first-order valence-electron chi connectivity index (χ1n) is 5.96. The molecule has 8 heteroatoms. The minimum atomic E-state index is -3.88. The van der Waals surface area contributed by atoms with E-state index in [1.165, 1.54) is 6.07 Å². The highest BCUT2D eigenvalue weighted by Crippen LogP contribution is 2.26. The van der Waals surface area contributed by atoms with Gasteiger partial charge in [-0.05, 0) is 23.9 Å². The lowest BCUT2D eigenvalue weighted by Crippen LogP contribution is -2.25. The van der Waals surface area contributed by atoms with E-state index in [0.29, 0.717) is 16.5 Å². The summed E-state index contributed by atoms with van der Waals surface area (Å²) in [5, 5.41) is 10.8. The zero-order valence-corrected chi connectivity index (χ0v) is 12.7. The van der Waals surface area contributed by atoms with Crippen molar-refractivity contribution < 1.29 is 22.3 Å². The molecule has 0 aliphatic rings. The number of halogens is 2. The van der Waals surface area contributed by atoms with E-state index < -0.39 is 21.7 Å². The topological polar surface area (TPSA) is 66.4 Å². The predicted octanol–water partition coefficient (Wildman–Crippen LogP) is 2.31. The summed E-state index contributed by atoms with van der Waals surface area (Å²) >= 11 is 1.14. The zero-order valence-electron chi connectivity index (χ0n) is 11.1. The highest BCUT2D eigenvalue weighted by molar-refractivity contribution is 7.89. The SMILES string of the molecule is Cc1csc(CO)c1S(=O)(=O)NCc1ccc(F)cc1F. The second-order valence-corrected chi connectivity index (χ2v) is 7.06. The summed E-state index contributed by atoms with van der Waals surface area (Å²) in [6.45, 7) is 0.928. The molecule has 2 rings (SSSR count). The zero-order chi connectivity index (χ0) is 15.6. The highest BCUT2D eigenvalue weighted by Gasteiger charge is 2.22. The van der Waals surface area contributed by atoms with Crippen molar-refractivity contribution in [2.45, 2.75) is 25.0 Å². The standard InChI is InChI=1S/C13H13F2NO3S2/c1-8-7-20-12(6-17)13(8)21(18,19)16-5-9-2-3-10(14)4-11(9)15/h2-4,7,16-17H,5-6H2,1H3. The lowest BCUT2D eigenvalue weighted by molar-refractivity contribution is 0.282. The monoisotopic (exact) mass is 333 g/mol. The van der Waals surface area contributed by atoms with Crippen LogP contribution in [0.4, 0.5) is 8.78 Å². The van der Waals surface area contributed by atoms with Gasteiger partial charge in [0.1, 0.15) is 16.5 Å². The van der Waals surface area contributed by atoms with Crippen LogP contribution >= 0.6 is 11.3 Å². The van der Waals surface area contributed by atoms with Gasteiger partial charge in [0.15, 0.2) is 0 Å². The number of sulfonamides is 1. The predicted molar refractivity (Wildman–Crippen MR) is 75.4 cm³/mol. The number of benzene rings is 1. The minimum Gasteiger partial charge on any atom is -0.391 e. The molecule has 0 bridgehead atoms. The van der Waals surface area contributed by atoms with E-state index in [-0.39, 0.29) is 23.6 Å². The van der Waals surface area contributed by atoms with Gasteiger partial charge in [-0.3, -0.25) is 0 Å². The van der Waals surface area contributed by atoms with Crippen LogP contribution in [0, 0.1) is 18.6 Å². The third-order valence-electron chi connectivity index (χ3n) is 2.87. The largest absolute Gasteiger partial charge is 0.391 e. The number of aryl methyl sites for hydroxylation is 1. The van der Waals surface area contributed by atoms with Gasteiger partial charge in [0.2, 0.25) is 10.0 Å². The molecule has 0 aliphatic carbocycles. The number of aliphatic hydroxyl groups excluding tert-OH is 1. The molecule has 0 amide bonds. The third-order valence-corrected chi connectivity index (χ3v) is 5.72. The Labute approximate surface area is 125 Å². The van der Waals surface area contributed by atoms with Crippen LogP contribution in [0.3, 0.4) is 0 Å². The fourth-order valence-electron chi connectivity index (χ4n) is 1.87. The fraction of sp³-hybridized carbons (Fsp3) is 0.231. The molecule has 0 aliphatic heterocycles. The number of hydrogen-bond acceptors (Lipinski definition) is 4. The van der Waals surface area contributed by atoms with Crippen LogP contribution in [-0.4, -0.2) is 13.5 Å². The Morgan fingerprint density at radius 3 is 2.67 bits per heavy atom. The molecule has 2 aromatic rings. The van der Waals surface area contributed by atoms with Crippen molar-refractivity contribution in [3.8, 4) is 0 Å². The number of hydrogen-bond donors (Lipinski definition) is 2. The lowest BCUT2D eigenvalue weighted by Gasteiger charge is -2.09. The van der Waals surface area contributed by atoms with Crippen molar-refractivity contribution in [2.24, 2.45) is 0 Å². The van der Waals surface area contributed by atoms with Crippen LogP contribution in [-0.2, 0) is 23.2 Å². The van der Waals surface area contributed by atoms with Crippen LogP contribution in [0.5, 0.6) is 0 Å². The molecule has 0 saturated carbocycles. The highest BCUT2D eigenvalue weighted by atomic mass is 32.2. The van der Waals surface area contributed by atoms with Gasteiger partial charge in [0, 0.05) is 18.2 Å². The maximum Gasteiger partial charge on any atom is 0.242 e. The summed E-state index contributed by atoms with van der Waals surface area (Å²) in [4.78, 5) is 0.331. The Bertz CT molecular complexity index is 757. The molecule has 0 atom stereocenters. The van der Waals surface area contributed by atoms with Gasteiger partial charge in [0.05, 0.1) is 11.5 Å². The van der Waals surface area contributed by atoms with Gasteiger partial charge in [-0.15, -0.1) is 11.3 Å². The van der Waals surface area contributed by atoms with Crippen LogP contribution in [0.2, 0.25) is 0 Å². The maximum atomic E-state index is 13.5. The van der Waals surface area contributed by atoms with Crippen molar-refractivity contribution >= 4 is 21.4 Å². The summed E-state index contributed by atoms with van der Waals surface area (Å²) in [5.74, 6) is -1.54. The number of nitrogens with one attached hydrogen (secondary N) is 1. The Morgan fingerprint density at radius 1 is 1.33 bits per heavy atom. The lowest BCUT2D eigenvalue weighted by atomic mass is 10.2. The molecule has 4 nitrogen and oxygen atoms in total. The average Bonchev–Trinajstić information content (AvgIpc) is 2.79. The molecule has 114 valence electrons. The number of rotatable bonds is 5. The van der Waals surface area contributed by atoms with Crippen molar-refractivity contribution in [2.75, 3.05) is 0 Å². The van der Waals surface area contributed by atoms with Crippen molar-refractivity contribution in [1.29, 1.82) is 0 Å². The Hall–Kier alpha value is -1.35. The summed E-state index contributed by atoms with van der Waals surface area (Å²) in [6.07, 6.45) is 0. The molecule has 1 aromatic carbocycles. The molecule has 0 saturated heterocycles. The number of aliphatic hydroxyl groups is 1. The fourth-order valence-corrected chi connectivity index (χ4v) is 4.53. The van der Waals surface area contributed by atoms with Crippen LogP contribution < -0.4 is 4.72 Å². The molecule has 2 N–H and O–H groups in total. The molecule has 0 unspecified atom stereocenters. The molecular weight excluding hydrogens is 320 g/mol. The molecule has 0 spiro atoms. The first kappa shape index (κ1) is 16.0. The van der Waals surface area contributed by atoms with Gasteiger partial charge in [-0.25, -0.2) is 21.9 Å². The van der Waals surface area contributed by atoms with Crippen molar-refractivity contribution in [3.63, 3.8) is 0 Å². The summed E-state index contributed by atoms with van der Waals surface area (Å²) < 4.78 is 53.0. The van der Waals surface area contributed by atoms with E-state index in [9.17, 15) is 22.3 Å². The van der Waals surface area contributed by atoms with E-state index in [0.717, 1.165) is 17.4 Å². The van der Waals surface area contributed by atoms with E-state index in [4.69, 9.17) is 0 Å². The third kappa shape index (κ3) is 3.46. The smallest absolute Gasteiger partial charge is 0.242 e. The Morgan fingerprint density at radius 2 is 2.05 bits per heavy atom. The molecule has 1 aromatic heterocycles. The van der Waals surface area contributed by atoms with Crippen molar-refractivity contribution in [3.05, 3.63) is 51.2 Å². The first-order chi connectivity index (χ1) is 9.85. The van der Waals surface area contributed by atoms with Crippen LogP contribution in [0.1, 0.15) is 16.0 Å². The minimum absolute atomic E-state index is 0.0116. The van der Waals surface area contributed by atoms with E-state index in [2.05, 4.69) is 4.72 Å². The second-order valence-electron chi connectivity index (χ2n) is 4.39. The normalized spacial score (nSPS) is 11.8.